The van der Waals surface area contributed by atoms with Gasteiger partial charge in [0.1, 0.15) is 0 Å². The Balaban J connectivity index is 2.61. The Morgan fingerprint density at radius 3 is 2.58 bits per heavy atom. The van der Waals surface area contributed by atoms with Crippen LogP contribution in [0.2, 0.25) is 10.0 Å². The normalized spacial score (nSPS) is 12.6. The predicted octanol–water partition coefficient (Wildman–Crippen LogP) is 5.48. The molecule has 0 spiro atoms. The quantitative estimate of drug-likeness (QED) is 0.595. The Morgan fingerprint density at radius 2 is 1.89 bits per heavy atom. The zero-order valence-corrected chi connectivity index (χ0v) is 13.5. The Hall–Kier alpha value is -0.240. The Labute approximate surface area is 127 Å². The van der Waals surface area contributed by atoms with Gasteiger partial charge in [0, 0.05) is 6.04 Å². The van der Waals surface area contributed by atoms with Gasteiger partial charge in [0.05, 0.1) is 10.0 Å². The van der Waals surface area contributed by atoms with Crippen LogP contribution in [0.1, 0.15) is 51.5 Å². The SMILES string of the molecule is CCCCCC(Cc1cccc(Cl)c1Cl)NCCC. The summed E-state index contributed by atoms with van der Waals surface area (Å²) in [5.74, 6) is 0. The van der Waals surface area contributed by atoms with Gasteiger partial charge in [0.2, 0.25) is 0 Å². The number of benzene rings is 1. The van der Waals surface area contributed by atoms with Gasteiger partial charge in [-0.2, -0.15) is 0 Å². The summed E-state index contributed by atoms with van der Waals surface area (Å²) in [5, 5.41) is 4.99. The van der Waals surface area contributed by atoms with Crippen LogP contribution in [0.15, 0.2) is 18.2 Å². The maximum atomic E-state index is 6.27. The minimum absolute atomic E-state index is 0.502. The van der Waals surface area contributed by atoms with Gasteiger partial charge in [-0.25, -0.2) is 0 Å². The largest absolute Gasteiger partial charge is 0.314 e. The monoisotopic (exact) mass is 301 g/mol. The molecule has 0 aliphatic rings. The molecule has 0 amide bonds. The highest BCUT2D eigenvalue weighted by molar-refractivity contribution is 6.42. The van der Waals surface area contributed by atoms with E-state index in [1.165, 1.54) is 25.7 Å². The van der Waals surface area contributed by atoms with Crippen LogP contribution >= 0.6 is 23.2 Å². The van der Waals surface area contributed by atoms with E-state index in [0.717, 1.165) is 24.9 Å². The van der Waals surface area contributed by atoms with Crippen molar-refractivity contribution in [3.8, 4) is 0 Å². The topological polar surface area (TPSA) is 12.0 Å². The van der Waals surface area contributed by atoms with Crippen LogP contribution in [0.25, 0.3) is 0 Å². The third-order valence-electron chi connectivity index (χ3n) is 3.34. The van der Waals surface area contributed by atoms with Crippen molar-refractivity contribution in [2.75, 3.05) is 6.54 Å². The first-order valence-electron chi connectivity index (χ1n) is 7.35. The molecule has 0 heterocycles. The summed E-state index contributed by atoms with van der Waals surface area (Å²) in [5.41, 5.74) is 1.15. The van der Waals surface area contributed by atoms with Crippen LogP contribution in [0.3, 0.4) is 0 Å². The second-order valence-electron chi connectivity index (χ2n) is 5.06. The van der Waals surface area contributed by atoms with E-state index >= 15 is 0 Å². The fraction of sp³-hybridized carbons (Fsp3) is 0.625. The summed E-state index contributed by atoms with van der Waals surface area (Å²) in [6.07, 6.45) is 7.16. The van der Waals surface area contributed by atoms with Crippen molar-refractivity contribution < 1.29 is 0 Å². The second kappa shape index (κ2) is 9.63. The summed E-state index contributed by atoms with van der Waals surface area (Å²) in [6, 6.07) is 6.41. The Bertz CT molecular complexity index is 366. The van der Waals surface area contributed by atoms with E-state index in [1.54, 1.807) is 0 Å². The molecule has 1 aromatic carbocycles. The van der Waals surface area contributed by atoms with Gasteiger partial charge in [-0.3, -0.25) is 0 Å². The first-order chi connectivity index (χ1) is 9.19. The molecule has 1 N–H and O–H groups in total. The predicted molar refractivity (Wildman–Crippen MR) is 86.4 cm³/mol. The molecule has 1 aromatic rings. The lowest BCUT2D eigenvalue weighted by Gasteiger charge is -2.19. The van der Waals surface area contributed by atoms with E-state index in [2.05, 4.69) is 25.2 Å². The van der Waals surface area contributed by atoms with Crippen molar-refractivity contribution >= 4 is 23.2 Å². The molecule has 1 nitrogen and oxygen atoms in total. The van der Waals surface area contributed by atoms with Crippen molar-refractivity contribution in [2.24, 2.45) is 0 Å². The van der Waals surface area contributed by atoms with E-state index in [0.29, 0.717) is 16.1 Å². The number of hydrogen-bond acceptors (Lipinski definition) is 1. The number of rotatable bonds is 9. The zero-order valence-electron chi connectivity index (χ0n) is 12.0. The highest BCUT2D eigenvalue weighted by Gasteiger charge is 2.12. The van der Waals surface area contributed by atoms with Gasteiger partial charge in [-0.1, -0.05) is 68.4 Å². The molecule has 108 valence electrons. The van der Waals surface area contributed by atoms with E-state index in [-0.39, 0.29) is 0 Å². The van der Waals surface area contributed by atoms with E-state index in [9.17, 15) is 0 Å². The molecule has 19 heavy (non-hydrogen) atoms. The summed E-state index contributed by atoms with van der Waals surface area (Å²) in [7, 11) is 0. The molecule has 0 aliphatic carbocycles. The molecule has 0 aromatic heterocycles. The van der Waals surface area contributed by atoms with Crippen molar-refractivity contribution in [2.45, 2.75) is 58.4 Å². The van der Waals surface area contributed by atoms with Gasteiger partial charge in [0.25, 0.3) is 0 Å². The fourth-order valence-corrected chi connectivity index (χ4v) is 2.63. The van der Waals surface area contributed by atoms with Crippen molar-refractivity contribution in [3.63, 3.8) is 0 Å². The van der Waals surface area contributed by atoms with Gasteiger partial charge in [-0.15, -0.1) is 0 Å². The minimum atomic E-state index is 0.502. The molecule has 0 bridgehead atoms. The Morgan fingerprint density at radius 1 is 1.11 bits per heavy atom. The molecular weight excluding hydrogens is 277 g/mol. The number of halogens is 2. The lowest BCUT2D eigenvalue weighted by Crippen LogP contribution is -2.31. The van der Waals surface area contributed by atoms with E-state index in [1.807, 2.05) is 12.1 Å². The standard InChI is InChI=1S/C16H25Cl2N/c1-3-5-6-9-14(19-11-4-2)12-13-8-7-10-15(17)16(13)18/h7-8,10,14,19H,3-6,9,11-12H2,1-2H3. The van der Waals surface area contributed by atoms with Crippen LogP contribution in [0.4, 0.5) is 0 Å². The number of hydrogen-bond donors (Lipinski definition) is 1. The highest BCUT2D eigenvalue weighted by atomic mass is 35.5. The van der Waals surface area contributed by atoms with E-state index < -0.39 is 0 Å². The molecule has 0 saturated heterocycles. The fourth-order valence-electron chi connectivity index (χ4n) is 2.24. The summed E-state index contributed by atoms with van der Waals surface area (Å²) in [6.45, 7) is 5.50. The van der Waals surface area contributed by atoms with Crippen LogP contribution < -0.4 is 5.32 Å². The average molecular weight is 302 g/mol. The molecule has 1 rings (SSSR count). The van der Waals surface area contributed by atoms with Crippen LogP contribution in [0.5, 0.6) is 0 Å². The smallest absolute Gasteiger partial charge is 0.0624 e. The summed E-state index contributed by atoms with van der Waals surface area (Å²) >= 11 is 12.3. The lowest BCUT2D eigenvalue weighted by molar-refractivity contribution is 0.456. The number of unbranched alkanes of at least 4 members (excludes halogenated alkanes) is 2. The molecule has 0 saturated carbocycles. The molecule has 1 atom stereocenters. The molecule has 0 radical (unpaired) electrons. The lowest BCUT2D eigenvalue weighted by atomic mass is 10.00. The van der Waals surface area contributed by atoms with Crippen LogP contribution in [-0.2, 0) is 6.42 Å². The van der Waals surface area contributed by atoms with Crippen LogP contribution in [0, 0.1) is 0 Å². The van der Waals surface area contributed by atoms with E-state index in [4.69, 9.17) is 23.2 Å². The van der Waals surface area contributed by atoms with Crippen LogP contribution in [-0.4, -0.2) is 12.6 Å². The number of nitrogens with one attached hydrogen (secondary N) is 1. The van der Waals surface area contributed by atoms with Crippen molar-refractivity contribution in [3.05, 3.63) is 33.8 Å². The first-order valence-corrected chi connectivity index (χ1v) is 8.10. The third-order valence-corrected chi connectivity index (χ3v) is 4.20. The highest BCUT2D eigenvalue weighted by Crippen LogP contribution is 2.27. The van der Waals surface area contributed by atoms with Gasteiger partial charge in [-0.05, 0) is 37.4 Å². The molecule has 1 unspecified atom stereocenters. The van der Waals surface area contributed by atoms with Crippen molar-refractivity contribution in [1.29, 1.82) is 0 Å². The van der Waals surface area contributed by atoms with Gasteiger partial charge < -0.3 is 5.32 Å². The van der Waals surface area contributed by atoms with Gasteiger partial charge in [0.15, 0.2) is 0 Å². The average Bonchev–Trinajstić information content (AvgIpc) is 2.41. The van der Waals surface area contributed by atoms with Gasteiger partial charge >= 0.3 is 0 Å². The zero-order chi connectivity index (χ0) is 14.1. The third kappa shape index (κ3) is 6.16. The second-order valence-corrected chi connectivity index (χ2v) is 5.85. The Kier molecular flexibility index (Phi) is 8.52. The molecule has 0 aliphatic heterocycles. The summed E-state index contributed by atoms with van der Waals surface area (Å²) < 4.78 is 0. The maximum absolute atomic E-state index is 6.27. The molecule has 0 fully saturated rings. The summed E-state index contributed by atoms with van der Waals surface area (Å²) in [4.78, 5) is 0. The first kappa shape index (κ1) is 16.8. The van der Waals surface area contributed by atoms with Crippen molar-refractivity contribution in [1.82, 2.24) is 5.32 Å². The minimum Gasteiger partial charge on any atom is -0.314 e. The molecule has 3 heteroatoms. The maximum Gasteiger partial charge on any atom is 0.0624 e. The molecular formula is C16H25Cl2N.